The number of carbonyl (C=O) groups excluding carboxylic acids is 1. The Morgan fingerprint density at radius 3 is 2.00 bits per heavy atom. The molecule has 122 valence electrons. The highest BCUT2D eigenvalue weighted by Crippen LogP contribution is 2.39. The van der Waals surface area contributed by atoms with Crippen LogP contribution in [0, 0.1) is 30.3 Å². The van der Waals surface area contributed by atoms with Gasteiger partial charge in [0.25, 0.3) is 5.69 Å². The molecule has 1 aromatic carbocycles. The SMILES string of the molecule is C=CC(=O)OC(CC)c1cc([N+](=O)[O-])c([N+](=O)[O-])cc1[N+](=O)[O-]. The van der Waals surface area contributed by atoms with Crippen molar-refractivity contribution in [1.29, 1.82) is 0 Å². The topological polar surface area (TPSA) is 156 Å². The van der Waals surface area contributed by atoms with E-state index in [1.807, 2.05) is 0 Å². The summed E-state index contributed by atoms with van der Waals surface area (Å²) >= 11 is 0. The third kappa shape index (κ3) is 3.84. The number of carbonyl (C=O) groups is 1. The van der Waals surface area contributed by atoms with Crippen molar-refractivity contribution in [2.45, 2.75) is 19.4 Å². The van der Waals surface area contributed by atoms with Crippen LogP contribution in [0.15, 0.2) is 24.8 Å². The Morgan fingerprint density at radius 2 is 1.61 bits per heavy atom. The minimum absolute atomic E-state index is 0.0649. The van der Waals surface area contributed by atoms with Gasteiger partial charge in [0.05, 0.1) is 20.3 Å². The van der Waals surface area contributed by atoms with Crippen molar-refractivity contribution in [3.63, 3.8) is 0 Å². The van der Waals surface area contributed by atoms with Gasteiger partial charge in [-0.1, -0.05) is 13.5 Å². The van der Waals surface area contributed by atoms with Gasteiger partial charge in [0.15, 0.2) is 0 Å². The zero-order valence-corrected chi connectivity index (χ0v) is 11.8. The Kier molecular flexibility index (Phi) is 5.43. The largest absolute Gasteiger partial charge is 0.454 e. The molecule has 11 heteroatoms. The van der Waals surface area contributed by atoms with Crippen molar-refractivity contribution in [1.82, 2.24) is 0 Å². The molecule has 23 heavy (non-hydrogen) atoms. The minimum atomic E-state index is -1.18. The maximum Gasteiger partial charge on any atom is 0.352 e. The number of nitro groups is 3. The van der Waals surface area contributed by atoms with Gasteiger partial charge in [-0.25, -0.2) is 4.79 Å². The van der Waals surface area contributed by atoms with E-state index < -0.39 is 43.9 Å². The summed E-state index contributed by atoms with van der Waals surface area (Å²) in [4.78, 5) is 41.1. The highest BCUT2D eigenvalue weighted by atomic mass is 16.6. The molecule has 0 heterocycles. The van der Waals surface area contributed by atoms with Gasteiger partial charge in [0, 0.05) is 12.1 Å². The van der Waals surface area contributed by atoms with E-state index in [1.54, 1.807) is 0 Å². The van der Waals surface area contributed by atoms with E-state index in [1.165, 1.54) is 6.92 Å². The van der Waals surface area contributed by atoms with E-state index in [-0.39, 0.29) is 12.0 Å². The number of ether oxygens (including phenoxy) is 1. The fraction of sp³-hybridized carbons (Fsp3) is 0.250. The highest BCUT2D eigenvalue weighted by molar-refractivity contribution is 5.81. The lowest BCUT2D eigenvalue weighted by molar-refractivity contribution is -0.424. The van der Waals surface area contributed by atoms with Crippen LogP contribution in [0.1, 0.15) is 25.0 Å². The zero-order chi connectivity index (χ0) is 17.7. The molecule has 1 atom stereocenters. The second-order valence-corrected chi connectivity index (χ2v) is 4.21. The first kappa shape index (κ1) is 17.7. The summed E-state index contributed by atoms with van der Waals surface area (Å²) in [5.41, 5.74) is -2.99. The van der Waals surface area contributed by atoms with Crippen molar-refractivity contribution in [3.05, 3.63) is 60.7 Å². The molecular formula is C12H11N3O8. The van der Waals surface area contributed by atoms with Crippen molar-refractivity contribution < 1.29 is 24.3 Å². The van der Waals surface area contributed by atoms with Gasteiger partial charge in [-0.2, -0.15) is 0 Å². The monoisotopic (exact) mass is 325 g/mol. The van der Waals surface area contributed by atoms with Gasteiger partial charge in [0.2, 0.25) is 0 Å². The maximum absolute atomic E-state index is 11.3. The minimum Gasteiger partial charge on any atom is -0.454 e. The third-order valence-corrected chi connectivity index (χ3v) is 2.86. The molecule has 0 saturated heterocycles. The molecule has 1 unspecified atom stereocenters. The summed E-state index contributed by atoms with van der Waals surface area (Å²) in [6, 6.07) is 1.17. The van der Waals surface area contributed by atoms with Crippen LogP contribution in [0.2, 0.25) is 0 Å². The van der Waals surface area contributed by atoms with Crippen LogP contribution in [0.4, 0.5) is 17.1 Å². The molecular weight excluding hydrogens is 314 g/mol. The smallest absolute Gasteiger partial charge is 0.352 e. The Labute approximate surface area is 128 Å². The lowest BCUT2D eigenvalue weighted by Gasteiger charge is -2.15. The Balaban J connectivity index is 3.61. The lowest BCUT2D eigenvalue weighted by atomic mass is 10.0. The van der Waals surface area contributed by atoms with Crippen molar-refractivity contribution in [3.8, 4) is 0 Å². The quantitative estimate of drug-likeness (QED) is 0.320. The molecule has 1 rings (SSSR count). The summed E-state index contributed by atoms with van der Waals surface area (Å²) in [6.45, 7) is 4.70. The van der Waals surface area contributed by atoms with Gasteiger partial charge in [-0.05, 0) is 6.42 Å². The standard InChI is InChI=1S/C12H11N3O8/c1-3-11(23-12(16)4-2)7-5-9(14(19)20)10(15(21)22)6-8(7)13(17)18/h4-6,11H,2-3H2,1H3. The molecule has 0 spiro atoms. The molecule has 0 aromatic heterocycles. The molecule has 1 aromatic rings. The first-order valence-corrected chi connectivity index (χ1v) is 6.17. The Morgan fingerprint density at radius 1 is 1.13 bits per heavy atom. The van der Waals surface area contributed by atoms with Crippen LogP contribution in [0.25, 0.3) is 0 Å². The second-order valence-electron chi connectivity index (χ2n) is 4.21. The zero-order valence-electron chi connectivity index (χ0n) is 11.8. The summed E-state index contributed by atoms with van der Waals surface area (Å²) in [6.07, 6.45) is -0.288. The molecule has 0 amide bonds. The van der Waals surface area contributed by atoms with Crippen molar-refractivity contribution in [2.24, 2.45) is 0 Å². The number of esters is 1. The molecule has 0 radical (unpaired) electrons. The summed E-state index contributed by atoms with van der Waals surface area (Å²) < 4.78 is 4.91. The second kappa shape index (κ2) is 7.06. The van der Waals surface area contributed by atoms with Crippen LogP contribution in [0.5, 0.6) is 0 Å². The molecule has 0 bridgehead atoms. The molecule has 0 fully saturated rings. The van der Waals surface area contributed by atoms with Crippen molar-refractivity contribution in [2.75, 3.05) is 0 Å². The first-order chi connectivity index (χ1) is 10.7. The molecule has 0 aliphatic carbocycles. The fourth-order valence-electron chi connectivity index (χ4n) is 1.85. The summed E-state index contributed by atoms with van der Waals surface area (Å²) in [5, 5.41) is 32.9. The average Bonchev–Trinajstić information content (AvgIpc) is 2.50. The number of nitro benzene ring substituents is 3. The van der Waals surface area contributed by atoms with Gasteiger partial charge in [-0.15, -0.1) is 0 Å². The van der Waals surface area contributed by atoms with Crippen LogP contribution in [0.3, 0.4) is 0 Å². The van der Waals surface area contributed by atoms with E-state index in [9.17, 15) is 35.1 Å². The highest BCUT2D eigenvalue weighted by Gasteiger charge is 2.34. The Bertz CT molecular complexity index is 700. The number of hydrogen-bond acceptors (Lipinski definition) is 8. The molecule has 0 N–H and O–H groups in total. The Hall–Kier alpha value is -3.37. The average molecular weight is 325 g/mol. The van der Waals surface area contributed by atoms with Crippen LogP contribution >= 0.6 is 0 Å². The predicted octanol–water partition coefficient (Wildman–Crippen LogP) is 2.59. The fourth-order valence-corrected chi connectivity index (χ4v) is 1.85. The molecule has 0 saturated carbocycles. The number of nitrogens with zero attached hydrogens (tertiary/aromatic N) is 3. The van der Waals surface area contributed by atoms with Crippen molar-refractivity contribution >= 4 is 23.0 Å². The first-order valence-electron chi connectivity index (χ1n) is 6.17. The third-order valence-electron chi connectivity index (χ3n) is 2.86. The lowest BCUT2D eigenvalue weighted by Crippen LogP contribution is -2.11. The molecule has 0 aliphatic rings. The van der Waals surface area contributed by atoms with E-state index in [0.717, 1.165) is 6.08 Å². The maximum atomic E-state index is 11.3. The van der Waals surface area contributed by atoms with E-state index in [2.05, 4.69) is 6.58 Å². The van der Waals surface area contributed by atoms with E-state index in [0.29, 0.717) is 12.1 Å². The summed E-state index contributed by atoms with van der Waals surface area (Å²) in [7, 11) is 0. The normalized spacial score (nSPS) is 11.3. The number of benzene rings is 1. The number of rotatable bonds is 7. The van der Waals surface area contributed by atoms with Gasteiger partial charge < -0.3 is 4.74 Å². The van der Waals surface area contributed by atoms with Gasteiger partial charge >= 0.3 is 17.3 Å². The van der Waals surface area contributed by atoms with E-state index in [4.69, 9.17) is 4.74 Å². The van der Waals surface area contributed by atoms with Gasteiger partial charge in [-0.3, -0.25) is 30.3 Å². The molecule has 0 aliphatic heterocycles. The predicted molar refractivity (Wildman–Crippen MR) is 75.7 cm³/mol. The number of hydrogen-bond donors (Lipinski definition) is 0. The molecule has 11 nitrogen and oxygen atoms in total. The summed E-state index contributed by atoms with van der Waals surface area (Å²) in [5.74, 6) is -0.882. The van der Waals surface area contributed by atoms with E-state index >= 15 is 0 Å². The van der Waals surface area contributed by atoms with Crippen LogP contribution in [-0.2, 0) is 9.53 Å². The van der Waals surface area contributed by atoms with Gasteiger partial charge in [0.1, 0.15) is 12.2 Å². The van der Waals surface area contributed by atoms with Crippen LogP contribution < -0.4 is 0 Å². The van der Waals surface area contributed by atoms with Crippen LogP contribution in [-0.4, -0.2) is 20.7 Å².